The summed E-state index contributed by atoms with van der Waals surface area (Å²) in [6, 6.07) is 18.4. The van der Waals surface area contributed by atoms with Crippen molar-refractivity contribution in [3.8, 4) is 0 Å². The summed E-state index contributed by atoms with van der Waals surface area (Å²) in [6.45, 7) is 9.39. The molecule has 2 aromatic carbocycles. The summed E-state index contributed by atoms with van der Waals surface area (Å²) in [5.74, 6) is 0.457. The Bertz CT molecular complexity index is 763. The zero-order valence-corrected chi connectivity index (χ0v) is 15.6. The molecule has 1 N–H and O–H groups in total. The molecule has 1 heterocycles. The zero-order chi connectivity index (χ0) is 18.0. The van der Waals surface area contributed by atoms with Crippen molar-refractivity contribution in [1.82, 2.24) is 0 Å². The molecule has 3 rings (SSSR count). The van der Waals surface area contributed by atoms with E-state index in [-0.39, 0.29) is 11.5 Å². The van der Waals surface area contributed by atoms with Gasteiger partial charge in [0, 0.05) is 17.7 Å². The van der Waals surface area contributed by atoms with Gasteiger partial charge in [-0.25, -0.2) is 4.74 Å². The van der Waals surface area contributed by atoms with Crippen LogP contribution in [0.25, 0.3) is 0 Å². The van der Waals surface area contributed by atoms with E-state index in [1.54, 1.807) is 0 Å². The molecule has 132 valence electrons. The Morgan fingerprint density at radius 2 is 1.72 bits per heavy atom. The fraction of sp³-hybridized carbons (Fsp3) is 0.409. The van der Waals surface area contributed by atoms with Crippen molar-refractivity contribution < 1.29 is 4.74 Å². The fourth-order valence-electron chi connectivity index (χ4n) is 3.91. The number of benzene rings is 2. The maximum absolute atomic E-state index is 13.0. The second kappa shape index (κ2) is 6.91. The quantitative estimate of drug-likeness (QED) is 0.615. The standard InChI is InChI=1S/C22H28N2O/c1-16(2)19-12-8-9-13-20(19)23-15-18-14-22(3,4)21(24(18)25)17-10-6-5-7-11-17/h5-13,16,18,23H,14-15H2,1-4H3. The summed E-state index contributed by atoms with van der Waals surface area (Å²) in [6.07, 6.45) is 0.859. The largest absolute Gasteiger partial charge is 0.623 e. The molecule has 1 aliphatic rings. The molecule has 0 saturated heterocycles. The van der Waals surface area contributed by atoms with Crippen LogP contribution in [-0.2, 0) is 0 Å². The topological polar surface area (TPSA) is 38.1 Å². The molecule has 1 unspecified atom stereocenters. The van der Waals surface area contributed by atoms with Crippen molar-refractivity contribution in [2.75, 3.05) is 11.9 Å². The third-order valence-corrected chi connectivity index (χ3v) is 5.10. The number of hydroxylamine groups is 1. The van der Waals surface area contributed by atoms with Gasteiger partial charge in [0.25, 0.3) is 0 Å². The van der Waals surface area contributed by atoms with E-state index in [4.69, 9.17) is 0 Å². The number of hydrogen-bond acceptors (Lipinski definition) is 2. The molecule has 3 heteroatoms. The molecular weight excluding hydrogens is 308 g/mol. The van der Waals surface area contributed by atoms with Crippen molar-refractivity contribution in [3.05, 3.63) is 70.9 Å². The summed E-state index contributed by atoms with van der Waals surface area (Å²) in [4.78, 5) is 0. The minimum absolute atomic E-state index is 0.0505. The van der Waals surface area contributed by atoms with Gasteiger partial charge < -0.3 is 10.5 Å². The number of nitrogens with one attached hydrogen (secondary N) is 1. The van der Waals surface area contributed by atoms with Gasteiger partial charge in [-0.3, -0.25) is 0 Å². The maximum atomic E-state index is 13.0. The molecule has 0 spiro atoms. The van der Waals surface area contributed by atoms with E-state index in [2.05, 4.69) is 51.2 Å². The highest BCUT2D eigenvalue weighted by atomic mass is 16.5. The van der Waals surface area contributed by atoms with E-state index >= 15 is 0 Å². The van der Waals surface area contributed by atoms with E-state index < -0.39 is 0 Å². The SMILES string of the molecule is CC(C)c1ccccc1NCC1CC(C)(C)C(c2ccccc2)=[N+]1[O-]. The van der Waals surface area contributed by atoms with Crippen molar-refractivity contribution in [2.24, 2.45) is 5.41 Å². The Morgan fingerprint density at radius 3 is 2.40 bits per heavy atom. The van der Waals surface area contributed by atoms with Crippen LogP contribution in [0.2, 0.25) is 0 Å². The monoisotopic (exact) mass is 336 g/mol. The maximum Gasteiger partial charge on any atom is 0.200 e. The number of para-hydroxylation sites is 1. The average Bonchev–Trinajstić information content (AvgIpc) is 2.82. The van der Waals surface area contributed by atoms with Gasteiger partial charge in [-0.2, -0.15) is 0 Å². The van der Waals surface area contributed by atoms with Crippen LogP contribution in [0.15, 0.2) is 54.6 Å². The number of nitrogens with zero attached hydrogens (tertiary/aromatic N) is 1. The van der Waals surface area contributed by atoms with Crippen molar-refractivity contribution in [1.29, 1.82) is 0 Å². The summed E-state index contributed by atoms with van der Waals surface area (Å²) in [5.41, 5.74) is 4.25. The summed E-state index contributed by atoms with van der Waals surface area (Å²) < 4.78 is 1.24. The highest BCUT2D eigenvalue weighted by Crippen LogP contribution is 2.35. The molecule has 2 aromatic rings. The zero-order valence-electron chi connectivity index (χ0n) is 15.6. The van der Waals surface area contributed by atoms with Gasteiger partial charge in [0.05, 0.1) is 12.0 Å². The van der Waals surface area contributed by atoms with Gasteiger partial charge in [0.1, 0.15) is 0 Å². The second-order valence-electron chi connectivity index (χ2n) is 7.91. The molecule has 0 aliphatic carbocycles. The Hall–Kier alpha value is -2.29. The van der Waals surface area contributed by atoms with E-state index in [1.165, 1.54) is 10.3 Å². The molecule has 0 aromatic heterocycles. The minimum Gasteiger partial charge on any atom is -0.623 e. The number of hydrogen-bond donors (Lipinski definition) is 1. The molecule has 3 nitrogen and oxygen atoms in total. The smallest absolute Gasteiger partial charge is 0.200 e. The summed E-state index contributed by atoms with van der Waals surface area (Å²) in [5, 5.41) is 16.5. The van der Waals surface area contributed by atoms with Crippen LogP contribution in [0.3, 0.4) is 0 Å². The molecule has 0 radical (unpaired) electrons. The Morgan fingerprint density at radius 1 is 1.08 bits per heavy atom. The van der Waals surface area contributed by atoms with Crippen LogP contribution >= 0.6 is 0 Å². The fourth-order valence-corrected chi connectivity index (χ4v) is 3.91. The number of anilines is 1. The first-order valence-electron chi connectivity index (χ1n) is 9.12. The normalized spacial score (nSPS) is 19.5. The van der Waals surface area contributed by atoms with Crippen molar-refractivity contribution in [2.45, 2.75) is 46.1 Å². The van der Waals surface area contributed by atoms with Gasteiger partial charge in [-0.15, -0.1) is 0 Å². The summed E-state index contributed by atoms with van der Waals surface area (Å²) in [7, 11) is 0. The van der Waals surface area contributed by atoms with E-state index in [1.807, 2.05) is 36.4 Å². The van der Waals surface area contributed by atoms with Crippen molar-refractivity contribution >= 4 is 11.4 Å². The molecular formula is C22H28N2O. The predicted octanol–water partition coefficient (Wildman–Crippen LogP) is 5.02. The molecule has 0 saturated carbocycles. The highest BCUT2D eigenvalue weighted by molar-refractivity contribution is 6.01. The molecule has 25 heavy (non-hydrogen) atoms. The molecule has 1 atom stereocenters. The number of rotatable bonds is 5. The molecule has 0 fully saturated rings. The molecule has 0 bridgehead atoms. The molecule has 0 amide bonds. The Labute approximate surface area is 151 Å². The van der Waals surface area contributed by atoms with Gasteiger partial charge in [-0.1, -0.05) is 50.2 Å². The lowest BCUT2D eigenvalue weighted by Gasteiger charge is -2.18. The minimum atomic E-state index is -0.118. The van der Waals surface area contributed by atoms with Crippen LogP contribution in [0.4, 0.5) is 5.69 Å². The van der Waals surface area contributed by atoms with Gasteiger partial charge in [-0.05, 0) is 43.5 Å². The third-order valence-electron chi connectivity index (χ3n) is 5.10. The predicted molar refractivity (Wildman–Crippen MR) is 105 cm³/mol. The van der Waals surface area contributed by atoms with Crippen LogP contribution in [-0.4, -0.2) is 23.0 Å². The van der Waals surface area contributed by atoms with Crippen LogP contribution in [0, 0.1) is 10.6 Å². The summed E-state index contributed by atoms with van der Waals surface area (Å²) >= 11 is 0. The first-order chi connectivity index (χ1) is 11.9. The second-order valence-corrected chi connectivity index (χ2v) is 7.91. The van der Waals surface area contributed by atoms with Crippen LogP contribution in [0.5, 0.6) is 0 Å². The van der Waals surface area contributed by atoms with E-state index in [0.717, 1.165) is 23.4 Å². The lowest BCUT2D eigenvalue weighted by Crippen LogP contribution is -2.27. The van der Waals surface area contributed by atoms with Crippen molar-refractivity contribution in [3.63, 3.8) is 0 Å². The van der Waals surface area contributed by atoms with Crippen LogP contribution < -0.4 is 5.32 Å². The third kappa shape index (κ3) is 3.55. The van der Waals surface area contributed by atoms with E-state index in [0.29, 0.717) is 12.5 Å². The Kier molecular flexibility index (Phi) is 4.85. The first-order valence-corrected chi connectivity index (χ1v) is 9.12. The highest BCUT2D eigenvalue weighted by Gasteiger charge is 2.45. The lowest BCUT2D eigenvalue weighted by atomic mass is 9.81. The molecule has 1 aliphatic heterocycles. The van der Waals surface area contributed by atoms with Crippen LogP contribution in [0.1, 0.15) is 51.2 Å². The van der Waals surface area contributed by atoms with Gasteiger partial charge in [0.2, 0.25) is 5.71 Å². The first kappa shape index (κ1) is 17.5. The lowest BCUT2D eigenvalue weighted by molar-refractivity contribution is -0.487. The van der Waals surface area contributed by atoms with Gasteiger partial charge in [0.15, 0.2) is 6.04 Å². The van der Waals surface area contributed by atoms with E-state index in [9.17, 15) is 5.21 Å². The Balaban J connectivity index is 1.82. The average molecular weight is 336 g/mol. The van der Waals surface area contributed by atoms with Gasteiger partial charge >= 0.3 is 0 Å².